The van der Waals surface area contributed by atoms with Crippen LogP contribution in [0.4, 0.5) is 4.39 Å². The maximum atomic E-state index is 14.6. The van der Waals surface area contributed by atoms with E-state index in [9.17, 15) is 18.2 Å². The van der Waals surface area contributed by atoms with Crippen molar-refractivity contribution in [3.8, 4) is 0 Å². The molecule has 1 aromatic heterocycles. The van der Waals surface area contributed by atoms with Crippen molar-refractivity contribution in [1.82, 2.24) is 15.1 Å². The molecule has 31 heavy (non-hydrogen) atoms. The van der Waals surface area contributed by atoms with Crippen LogP contribution in [0.2, 0.25) is 0 Å². The van der Waals surface area contributed by atoms with E-state index in [1.54, 1.807) is 29.2 Å². The Morgan fingerprint density at radius 1 is 1.19 bits per heavy atom. The van der Waals surface area contributed by atoms with Crippen LogP contribution < -0.4 is 5.56 Å². The zero-order chi connectivity index (χ0) is 21.5. The fourth-order valence-electron chi connectivity index (χ4n) is 4.75. The zero-order valence-corrected chi connectivity index (χ0v) is 17.7. The Hall–Kier alpha value is -2.87. The molecule has 3 unspecified atom stereocenters. The molecule has 2 saturated heterocycles. The average Bonchev–Trinajstić information content (AvgIpc) is 3.17. The molecule has 2 aliphatic rings. The number of aromatic amines is 1. The maximum absolute atomic E-state index is 14.6. The Kier molecular flexibility index (Phi) is 5.17. The van der Waals surface area contributed by atoms with E-state index in [2.05, 4.69) is 10.2 Å². The van der Waals surface area contributed by atoms with Crippen molar-refractivity contribution in [2.45, 2.75) is 24.5 Å². The minimum Gasteiger partial charge on any atom is -0.338 e. The number of H-pyrrole nitrogens is 1. The molecule has 2 fully saturated rings. The van der Waals surface area contributed by atoms with Gasteiger partial charge in [-0.1, -0.05) is 24.3 Å². The van der Waals surface area contributed by atoms with Gasteiger partial charge in [-0.2, -0.15) is 5.10 Å². The number of piperidine rings is 1. The van der Waals surface area contributed by atoms with Gasteiger partial charge < -0.3 is 4.90 Å². The van der Waals surface area contributed by atoms with Crippen LogP contribution in [0.3, 0.4) is 0 Å². The fourth-order valence-corrected chi connectivity index (χ4v) is 6.61. The first-order chi connectivity index (χ1) is 15.0. The molecule has 3 aromatic rings. The van der Waals surface area contributed by atoms with E-state index >= 15 is 0 Å². The van der Waals surface area contributed by atoms with E-state index in [0.717, 1.165) is 17.4 Å². The first-order valence-corrected chi connectivity index (χ1v) is 11.8. The summed E-state index contributed by atoms with van der Waals surface area (Å²) in [5.41, 5.74) is 1.19. The van der Waals surface area contributed by atoms with Gasteiger partial charge >= 0.3 is 0 Å². The Morgan fingerprint density at radius 3 is 2.84 bits per heavy atom. The molecule has 0 spiro atoms. The molecule has 1 N–H and O–H groups in total. The molecule has 8 heteroatoms. The van der Waals surface area contributed by atoms with Crippen LogP contribution in [-0.4, -0.2) is 49.3 Å². The number of nitrogens with zero attached hydrogens (tertiary/aromatic N) is 2. The highest BCUT2D eigenvalue weighted by Crippen LogP contribution is 2.32. The van der Waals surface area contributed by atoms with E-state index in [4.69, 9.17) is 0 Å². The van der Waals surface area contributed by atoms with Gasteiger partial charge in [-0.05, 0) is 42.5 Å². The van der Waals surface area contributed by atoms with Crippen LogP contribution in [0.25, 0.3) is 10.8 Å². The van der Waals surface area contributed by atoms with Crippen molar-refractivity contribution in [3.05, 3.63) is 75.5 Å². The largest absolute Gasteiger partial charge is 0.338 e. The lowest BCUT2D eigenvalue weighted by molar-refractivity contribution is 0.0677. The number of carbonyl (C=O) groups excluding carboxylic acids is 1. The van der Waals surface area contributed by atoms with Gasteiger partial charge in [0.25, 0.3) is 11.5 Å². The van der Waals surface area contributed by atoms with Gasteiger partial charge in [-0.3, -0.25) is 13.8 Å². The lowest BCUT2D eigenvalue weighted by Gasteiger charge is -2.34. The number of fused-ring (bicyclic) bond motifs is 2. The average molecular weight is 440 g/mol. The van der Waals surface area contributed by atoms with Gasteiger partial charge in [0.05, 0.1) is 16.6 Å². The van der Waals surface area contributed by atoms with E-state index in [1.165, 1.54) is 6.07 Å². The summed E-state index contributed by atoms with van der Waals surface area (Å²) in [4.78, 5) is 26.8. The highest BCUT2D eigenvalue weighted by atomic mass is 32.2. The molecule has 5 rings (SSSR count). The van der Waals surface area contributed by atoms with Gasteiger partial charge in [0.1, 0.15) is 5.82 Å². The number of amides is 1. The Labute approximate surface area is 180 Å². The third kappa shape index (κ3) is 3.69. The third-order valence-electron chi connectivity index (χ3n) is 6.39. The highest BCUT2D eigenvalue weighted by molar-refractivity contribution is 7.85. The number of aromatic nitrogens is 2. The van der Waals surface area contributed by atoms with Crippen molar-refractivity contribution in [3.63, 3.8) is 0 Å². The van der Waals surface area contributed by atoms with E-state index < -0.39 is 16.6 Å². The van der Waals surface area contributed by atoms with Gasteiger partial charge in [0, 0.05) is 46.7 Å². The van der Waals surface area contributed by atoms with Gasteiger partial charge in [0.15, 0.2) is 0 Å². The standard InChI is InChI=1S/C23H22FN3O3S/c24-19-6-5-14(12-20-16-3-1-2-4-17(16)22(28)26-25-20)11-18(19)23(29)27-9-7-21-15(13-27)8-10-31(21)30/h1-6,11,15,21H,7-10,12-13H2,(H,26,28). The Morgan fingerprint density at radius 2 is 2.00 bits per heavy atom. The maximum Gasteiger partial charge on any atom is 0.272 e. The second kappa shape index (κ2) is 8.00. The van der Waals surface area contributed by atoms with E-state index in [0.29, 0.717) is 42.8 Å². The predicted molar refractivity (Wildman–Crippen MR) is 117 cm³/mol. The number of hydrogen-bond donors (Lipinski definition) is 1. The molecular formula is C23H22FN3O3S. The number of halogens is 1. The molecular weight excluding hydrogens is 417 g/mol. The predicted octanol–water partition coefficient (Wildman–Crippen LogP) is 2.64. The number of likely N-dealkylation sites (tertiary alicyclic amines) is 1. The molecule has 3 heterocycles. The summed E-state index contributed by atoms with van der Waals surface area (Å²) in [6.07, 6.45) is 1.92. The van der Waals surface area contributed by atoms with E-state index in [-0.39, 0.29) is 28.2 Å². The second-order valence-corrected chi connectivity index (χ2v) is 10.0. The molecule has 1 amide bonds. The van der Waals surface area contributed by atoms with Gasteiger partial charge in [0.2, 0.25) is 0 Å². The third-order valence-corrected chi connectivity index (χ3v) is 8.32. The topological polar surface area (TPSA) is 83.1 Å². The van der Waals surface area contributed by atoms with Crippen LogP contribution in [0.5, 0.6) is 0 Å². The minimum atomic E-state index is -0.800. The van der Waals surface area contributed by atoms with Crippen molar-refractivity contribution in [2.24, 2.45) is 5.92 Å². The summed E-state index contributed by atoms with van der Waals surface area (Å²) in [5.74, 6) is 0.0582. The van der Waals surface area contributed by atoms with Gasteiger partial charge in [-0.15, -0.1) is 0 Å². The summed E-state index contributed by atoms with van der Waals surface area (Å²) >= 11 is 0. The molecule has 2 aliphatic heterocycles. The molecule has 0 bridgehead atoms. The van der Waals surface area contributed by atoms with Crippen LogP contribution >= 0.6 is 0 Å². The van der Waals surface area contributed by atoms with Gasteiger partial charge in [-0.25, -0.2) is 9.49 Å². The number of nitrogens with one attached hydrogen (secondary N) is 1. The number of benzene rings is 2. The fraction of sp³-hybridized carbons (Fsp3) is 0.348. The molecule has 160 valence electrons. The molecule has 3 atom stereocenters. The number of rotatable bonds is 3. The van der Waals surface area contributed by atoms with Crippen molar-refractivity contribution in [1.29, 1.82) is 0 Å². The summed E-state index contributed by atoms with van der Waals surface area (Å²) < 4.78 is 26.7. The van der Waals surface area contributed by atoms with Crippen LogP contribution in [0.15, 0.2) is 47.3 Å². The highest BCUT2D eigenvalue weighted by Gasteiger charge is 2.39. The van der Waals surface area contributed by atoms with Crippen molar-refractivity contribution >= 4 is 27.5 Å². The summed E-state index contributed by atoms with van der Waals surface area (Å²) in [6.45, 7) is 1.03. The van der Waals surface area contributed by atoms with Crippen molar-refractivity contribution < 1.29 is 13.4 Å². The van der Waals surface area contributed by atoms with Crippen LogP contribution in [0.1, 0.15) is 34.5 Å². The monoisotopic (exact) mass is 439 g/mol. The lowest BCUT2D eigenvalue weighted by Crippen LogP contribution is -2.45. The Balaban J connectivity index is 1.41. The summed E-state index contributed by atoms with van der Waals surface area (Å²) in [7, 11) is -0.800. The SMILES string of the molecule is O=C(c1cc(Cc2n[nH]c(=O)c3ccccc23)ccc1F)N1CCC2C(CCS2=O)C1. The van der Waals surface area contributed by atoms with E-state index in [1.807, 2.05) is 12.1 Å². The molecule has 0 radical (unpaired) electrons. The smallest absolute Gasteiger partial charge is 0.272 e. The quantitative estimate of drug-likeness (QED) is 0.680. The normalized spacial score (nSPS) is 23.1. The first kappa shape index (κ1) is 20.1. The summed E-state index contributed by atoms with van der Waals surface area (Å²) in [5, 5.41) is 8.13. The minimum absolute atomic E-state index is 0.0452. The lowest BCUT2D eigenvalue weighted by atomic mass is 9.94. The first-order valence-electron chi connectivity index (χ1n) is 10.4. The van der Waals surface area contributed by atoms with Crippen LogP contribution in [0, 0.1) is 11.7 Å². The molecule has 0 aliphatic carbocycles. The summed E-state index contributed by atoms with van der Waals surface area (Å²) in [6, 6.07) is 11.7. The van der Waals surface area contributed by atoms with Crippen molar-refractivity contribution in [2.75, 3.05) is 18.8 Å². The number of hydrogen-bond acceptors (Lipinski definition) is 4. The Bertz CT molecular complexity index is 1260. The molecule has 6 nitrogen and oxygen atoms in total. The van der Waals surface area contributed by atoms with Crippen LogP contribution in [-0.2, 0) is 17.2 Å². The molecule has 0 saturated carbocycles. The zero-order valence-electron chi connectivity index (χ0n) is 16.8. The second-order valence-electron chi connectivity index (χ2n) is 8.25. The number of carbonyl (C=O) groups is 1. The molecule has 2 aromatic carbocycles.